The molecule has 3 heterocycles. The number of hydrogen-bond acceptors (Lipinski definition) is 3. The molecule has 4 heteroatoms. The van der Waals surface area contributed by atoms with E-state index >= 15 is 0 Å². The van der Waals surface area contributed by atoms with E-state index in [9.17, 15) is 0 Å². The van der Waals surface area contributed by atoms with Gasteiger partial charge in [-0.2, -0.15) is 11.3 Å². The minimum Gasteiger partial charge on any atom is -0.311 e. The first-order valence-electron chi connectivity index (χ1n) is 23.6. The van der Waals surface area contributed by atoms with Gasteiger partial charge in [0.2, 0.25) is 0 Å². The van der Waals surface area contributed by atoms with E-state index in [0.29, 0.717) is 0 Å². The average molecular weight is 847 g/mol. The summed E-state index contributed by atoms with van der Waals surface area (Å²) in [5.74, 6) is 0. The summed E-state index contributed by atoms with van der Waals surface area (Å²) >= 11 is 2.10. The van der Waals surface area contributed by atoms with E-state index < -0.39 is 0 Å². The fraction of sp³-hybridized carbons (Fsp3) is 0.390. The van der Waals surface area contributed by atoms with Gasteiger partial charge in [-0.15, -0.1) is 0 Å². The van der Waals surface area contributed by atoms with Crippen LogP contribution in [-0.4, -0.2) is 6.71 Å². The van der Waals surface area contributed by atoms with Crippen molar-refractivity contribution in [3.8, 4) is 11.1 Å². The van der Waals surface area contributed by atoms with Crippen molar-refractivity contribution in [2.24, 2.45) is 5.41 Å². The molecule has 5 aromatic carbocycles. The van der Waals surface area contributed by atoms with Gasteiger partial charge >= 0.3 is 0 Å². The second kappa shape index (κ2) is 14.1. The van der Waals surface area contributed by atoms with Crippen LogP contribution in [0.25, 0.3) is 17.2 Å². The van der Waals surface area contributed by atoms with E-state index in [1.54, 1.807) is 5.57 Å². The summed E-state index contributed by atoms with van der Waals surface area (Å²) in [6, 6.07) is 38.4. The second-order valence-electron chi connectivity index (χ2n) is 23.8. The molecule has 2 aliphatic carbocycles. The Hall–Kier alpha value is -4.80. The lowest BCUT2D eigenvalue weighted by Gasteiger charge is -2.47. The van der Waals surface area contributed by atoms with Gasteiger partial charge in [0.1, 0.15) is 0 Å². The smallest absolute Gasteiger partial charge is 0.264 e. The van der Waals surface area contributed by atoms with Crippen LogP contribution in [0, 0.1) is 12.3 Å². The molecule has 0 N–H and O–H groups in total. The standard InChI is InChI=1S/C59H67BN2S/c1-36-30-49-52-50(31-36)62(47-26-22-39(56(5,6)7)32-42(47)37-18-16-15-17-19-37)48-35-45-44(58(11,12)28-29-59(45,13)14)34-46(48)60(52)54-53(43-33-40(57(8,9)10)23-27-51(43)63-54)61(49)41-24-20-38(21-25-41)55(2,3)4/h15-22,24-26,30-35H,23,27-29H2,1-14H3. The number of anilines is 6. The highest BCUT2D eigenvalue weighted by atomic mass is 32.1. The Kier molecular flexibility index (Phi) is 9.44. The highest BCUT2D eigenvalue weighted by Gasteiger charge is 2.49. The molecule has 0 unspecified atom stereocenters. The summed E-state index contributed by atoms with van der Waals surface area (Å²) in [6.07, 6.45) is 7.17. The van der Waals surface area contributed by atoms with Gasteiger partial charge < -0.3 is 9.80 Å². The van der Waals surface area contributed by atoms with Crippen LogP contribution in [0.3, 0.4) is 0 Å². The van der Waals surface area contributed by atoms with Crippen molar-refractivity contribution in [1.82, 2.24) is 0 Å². The van der Waals surface area contributed by atoms with Crippen molar-refractivity contribution in [3.63, 3.8) is 0 Å². The molecule has 0 atom stereocenters. The third-order valence-electron chi connectivity index (χ3n) is 15.2. The number of hydrogen-bond donors (Lipinski definition) is 0. The minimum absolute atomic E-state index is 0.00314. The lowest BCUT2D eigenvalue weighted by atomic mass is 9.35. The van der Waals surface area contributed by atoms with Gasteiger partial charge in [0, 0.05) is 43.5 Å². The lowest BCUT2D eigenvalue weighted by molar-refractivity contribution is 0.332. The van der Waals surface area contributed by atoms with Gasteiger partial charge in [0.05, 0.1) is 11.4 Å². The van der Waals surface area contributed by atoms with E-state index in [4.69, 9.17) is 0 Å². The number of fused-ring (bicyclic) bond motifs is 7. The number of allylic oxidation sites excluding steroid dienone is 1. The maximum atomic E-state index is 2.70. The quantitative estimate of drug-likeness (QED) is 0.163. The summed E-state index contributed by atoms with van der Waals surface area (Å²) < 4.78 is 1.49. The molecule has 0 saturated heterocycles. The Morgan fingerprint density at radius 2 is 1.19 bits per heavy atom. The summed E-state index contributed by atoms with van der Waals surface area (Å²) in [6.45, 7) is 33.5. The van der Waals surface area contributed by atoms with Gasteiger partial charge in [0.25, 0.3) is 6.71 Å². The second-order valence-corrected chi connectivity index (χ2v) is 24.9. The van der Waals surface area contributed by atoms with Crippen LogP contribution in [-0.2, 0) is 28.1 Å². The van der Waals surface area contributed by atoms with E-state index in [1.165, 1.54) is 112 Å². The first kappa shape index (κ1) is 42.2. The van der Waals surface area contributed by atoms with Gasteiger partial charge in [0.15, 0.2) is 0 Å². The lowest BCUT2D eigenvalue weighted by Crippen LogP contribution is -2.61. The van der Waals surface area contributed by atoms with Crippen LogP contribution in [0.15, 0.2) is 103 Å². The number of benzene rings is 5. The molecular weight excluding hydrogens is 780 g/mol. The van der Waals surface area contributed by atoms with E-state index in [0.717, 1.165) is 12.8 Å². The molecule has 0 bridgehead atoms. The maximum absolute atomic E-state index is 2.70. The molecule has 0 amide bonds. The number of nitrogens with zero attached hydrogens (tertiary/aromatic N) is 2. The number of aryl methyl sites for hydroxylation is 2. The van der Waals surface area contributed by atoms with E-state index in [1.807, 2.05) is 0 Å². The third kappa shape index (κ3) is 6.79. The number of thiophene rings is 1. The summed E-state index contributed by atoms with van der Waals surface area (Å²) in [5.41, 5.74) is 23.5. The SMILES string of the molecule is Cc1cc2c3c(c1)N(c1ccc(C(C)(C)C)cc1)c1c(sc4c1C=C(C(C)(C)C)CC4)B3c1cc3c(cc1N2c1ccc(C(C)(C)C)cc1-c1ccccc1)C(C)(C)CCC3(C)C. The largest absolute Gasteiger partial charge is 0.311 e. The Morgan fingerprint density at radius 1 is 0.587 bits per heavy atom. The molecule has 322 valence electrons. The maximum Gasteiger partial charge on any atom is 0.264 e. The molecule has 2 nitrogen and oxygen atoms in total. The normalized spacial score (nSPS) is 17.4. The first-order chi connectivity index (χ1) is 29.5. The van der Waals surface area contributed by atoms with Crippen molar-refractivity contribution >= 4 is 74.0 Å². The Labute approximate surface area is 383 Å². The minimum atomic E-state index is 0.00314. The average Bonchev–Trinajstić information content (AvgIpc) is 3.60. The van der Waals surface area contributed by atoms with Crippen LogP contribution in [0.4, 0.5) is 34.1 Å². The van der Waals surface area contributed by atoms with E-state index in [2.05, 4.69) is 221 Å². The topological polar surface area (TPSA) is 6.48 Å². The zero-order valence-electron chi connectivity index (χ0n) is 40.5. The predicted octanol–water partition coefficient (Wildman–Crippen LogP) is 15.1. The Morgan fingerprint density at radius 3 is 1.81 bits per heavy atom. The highest BCUT2D eigenvalue weighted by molar-refractivity contribution is 7.29. The van der Waals surface area contributed by atoms with Gasteiger partial charge in [-0.05, 0) is 146 Å². The predicted molar refractivity (Wildman–Crippen MR) is 277 cm³/mol. The van der Waals surface area contributed by atoms with Gasteiger partial charge in [-0.1, -0.05) is 156 Å². The monoisotopic (exact) mass is 847 g/mol. The molecule has 4 aliphatic rings. The molecule has 0 saturated carbocycles. The van der Waals surface area contributed by atoms with Crippen LogP contribution in [0.1, 0.15) is 148 Å². The molecule has 0 fully saturated rings. The first-order valence-corrected chi connectivity index (χ1v) is 24.5. The molecule has 10 rings (SSSR count). The van der Waals surface area contributed by atoms with Crippen LogP contribution >= 0.6 is 11.3 Å². The van der Waals surface area contributed by atoms with Crippen LogP contribution in [0.5, 0.6) is 0 Å². The molecule has 2 aliphatic heterocycles. The molecule has 63 heavy (non-hydrogen) atoms. The molecule has 1 aromatic heterocycles. The van der Waals surface area contributed by atoms with E-state index in [-0.39, 0.29) is 33.8 Å². The Bertz CT molecular complexity index is 2850. The van der Waals surface area contributed by atoms with Crippen molar-refractivity contribution in [1.29, 1.82) is 0 Å². The molecule has 0 radical (unpaired) electrons. The zero-order valence-corrected chi connectivity index (χ0v) is 41.3. The fourth-order valence-corrected chi connectivity index (χ4v) is 12.6. The van der Waals surface area contributed by atoms with Crippen LogP contribution < -0.4 is 25.5 Å². The Balaban J connectivity index is 1.34. The molecule has 0 spiro atoms. The van der Waals surface area contributed by atoms with Crippen molar-refractivity contribution in [2.75, 3.05) is 9.80 Å². The molecular formula is C59H67BN2S. The van der Waals surface area contributed by atoms with Crippen molar-refractivity contribution in [2.45, 2.75) is 144 Å². The number of rotatable bonds is 3. The molecule has 6 aromatic rings. The summed E-state index contributed by atoms with van der Waals surface area (Å²) in [5, 5.41) is 0. The summed E-state index contributed by atoms with van der Waals surface area (Å²) in [7, 11) is 0. The van der Waals surface area contributed by atoms with Gasteiger partial charge in [-0.3, -0.25) is 0 Å². The third-order valence-corrected chi connectivity index (χ3v) is 16.5. The zero-order chi connectivity index (χ0) is 44.8. The van der Waals surface area contributed by atoms with Crippen molar-refractivity contribution in [3.05, 3.63) is 141 Å². The van der Waals surface area contributed by atoms with Crippen molar-refractivity contribution < 1.29 is 0 Å². The fourth-order valence-electron chi connectivity index (χ4n) is 11.2. The van der Waals surface area contributed by atoms with Crippen LogP contribution in [0.2, 0.25) is 0 Å². The van der Waals surface area contributed by atoms with Gasteiger partial charge in [-0.25, -0.2) is 0 Å². The highest BCUT2D eigenvalue weighted by Crippen LogP contribution is 2.54. The summed E-state index contributed by atoms with van der Waals surface area (Å²) in [4.78, 5) is 6.90.